The van der Waals surface area contributed by atoms with Crippen LogP contribution in [0.4, 0.5) is 17.6 Å². The second kappa shape index (κ2) is 10.5. The Morgan fingerprint density at radius 2 is 1.84 bits per heavy atom. The lowest BCUT2D eigenvalue weighted by molar-refractivity contribution is -0.274. The third kappa shape index (κ3) is 7.12. The summed E-state index contributed by atoms with van der Waals surface area (Å²) in [7, 11) is 0. The molecule has 3 aromatic rings. The minimum absolute atomic E-state index is 0. The van der Waals surface area contributed by atoms with E-state index in [1.165, 1.54) is 30.3 Å². The Hall–Kier alpha value is -2.83. The van der Waals surface area contributed by atoms with E-state index in [2.05, 4.69) is 20.0 Å². The highest BCUT2D eigenvalue weighted by atomic mass is 127. The molecular formula is C20H20F4IN5O. The van der Waals surface area contributed by atoms with Crippen LogP contribution < -0.4 is 15.8 Å². The number of guanidine groups is 1. The third-order valence-electron chi connectivity index (χ3n) is 4.16. The van der Waals surface area contributed by atoms with E-state index in [1.54, 1.807) is 36.0 Å². The van der Waals surface area contributed by atoms with Crippen LogP contribution in [0.2, 0.25) is 0 Å². The molecule has 0 saturated carbocycles. The quantitative estimate of drug-likeness (QED) is 0.206. The minimum atomic E-state index is -4.73. The highest BCUT2D eigenvalue weighted by Gasteiger charge is 2.30. The molecule has 11 heteroatoms. The van der Waals surface area contributed by atoms with Gasteiger partial charge >= 0.3 is 6.36 Å². The van der Waals surface area contributed by atoms with Crippen molar-refractivity contribution in [2.75, 3.05) is 0 Å². The highest BCUT2D eigenvalue weighted by molar-refractivity contribution is 14.0. The molecule has 0 aliphatic rings. The monoisotopic (exact) mass is 549 g/mol. The molecule has 0 atom stereocenters. The number of nitrogens with one attached hydrogen (secondary N) is 1. The maximum Gasteiger partial charge on any atom is 0.573 e. The van der Waals surface area contributed by atoms with Gasteiger partial charge in [0.1, 0.15) is 17.4 Å². The van der Waals surface area contributed by atoms with E-state index >= 15 is 0 Å². The number of aliphatic imine (C=N–C) groups is 1. The van der Waals surface area contributed by atoms with Gasteiger partial charge in [-0.05, 0) is 42.3 Å². The van der Waals surface area contributed by atoms with Crippen LogP contribution in [0.5, 0.6) is 5.75 Å². The van der Waals surface area contributed by atoms with Crippen LogP contribution in [0.15, 0.2) is 59.9 Å². The van der Waals surface area contributed by atoms with Crippen LogP contribution in [0.1, 0.15) is 17.0 Å². The fraction of sp³-hybridized carbons (Fsp3) is 0.200. The Morgan fingerprint density at radius 1 is 1.16 bits per heavy atom. The van der Waals surface area contributed by atoms with Crippen molar-refractivity contribution in [2.24, 2.45) is 10.7 Å². The van der Waals surface area contributed by atoms with E-state index in [0.29, 0.717) is 22.6 Å². The summed E-state index contributed by atoms with van der Waals surface area (Å²) in [6.07, 6.45) is -1.46. The van der Waals surface area contributed by atoms with E-state index in [1.807, 2.05) is 0 Å². The first-order chi connectivity index (χ1) is 14.2. The number of halogens is 5. The fourth-order valence-corrected chi connectivity index (χ4v) is 2.71. The summed E-state index contributed by atoms with van der Waals surface area (Å²) >= 11 is 0. The Bertz CT molecular complexity index is 1030. The molecule has 0 aliphatic heterocycles. The van der Waals surface area contributed by atoms with Crippen molar-refractivity contribution in [1.29, 1.82) is 0 Å². The van der Waals surface area contributed by atoms with Gasteiger partial charge in [0, 0.05) is 18.9 Å². The Kier molecular flexibility index (Phi) is 8.25. The standard InChI is InChI=1S/C20H19F4N5O.HI/c1-13-26-8-9-29(13)18-7-4-15(10-17(18)21)12-28-19(25)27-11-14-2-5-16(6-3-14)30-20(22,23)24;/h2-10H,11-12H2,1H3,(H3,25,27,28);1H. The van der Waals surface area contributed by atoms with Crippen LogP contribution in [0.25, 0.3) is 5.69 Å². The van der Waals surface area contributed by atoms with E-state index in [4.69, 9.17) is 5.73 Å². The van der Waals surface area contributed by atoms with Crippen molar-refractivity contribution in [2.45, 2.75) is 26.4 Å². The summed E-state index contributed by atoms with van der Waals surface area (Å²) in [6.45, 7) is 2.20. The average Bonchev–Trinajstić information content (AvgIpc) is 3.10. The molecule has 166 valence electrons. The Morgan fingerprint density at radius 3 is 2.42 bits per heavy atom. The molecule has 0 aliphatic carbocycles. The van der Waals surface area contributed by atoms with Gasteiger partial charge in [0.2, 0.25) is 0 Å². The van der Waals surface area contributed by atoms with E-state index in [9.17, 15) is 17.6 Å². The molecule has 0 bridgehead atoms. The number of benzene rings is 2. The number of aromatic nitrogens is 2. The smallest absolute Gasteiger partial charge is 0.406 e. The van der Waals surface area contributed by atoms with Crippen molar-refractivity contribution in [1.82, 2.24) is 14.9 Å². The predicted octanol–water partition coefficient (Wildman–Crippen LogP) is 4.44. The van der Waals surface area contributed by atoms with Gasteiger partial charge in [-0.3, -0.25) is 0 Å². The molecule has 2 aromatic carbocycles. The van der Waals surface area contributed by atoms with E-state index in [-0.39, 0.29) is 48.8 Å². The van der Waals surface area contributed by atoms with Crippen molar-refractivity contribution in [3.05, 3.63) is 77.6 Å². The van der Waals surface area contributed by atoms with Crippen LogP contribution >= 0.6 is 24.0 Å². The summed E-state index contributed by atoms with van der Waals surface area (Å²) in [5.74, 6) is 0.0902. The molecule has 3 rings (SSSR count). The van der Waals surface area contributed by atoms with Gasteiger partial charge in [0.15, 0.2) is 5.96 Å². The Labute approximate surface area is 193 Å². The zero-order valence-electron chi connectivity index (χ0n) is 16.4. The lowest BCUT2D eigenvalue weighted by Crippen LogP contribution is -2.31. The fourth-order valence-electron chi connectivity index (χ4n) is 2.71. The van der Waals surface area contributed by atoms with E-state index in [0.717, 1.165) is 0 Å². The zero-order chi connectivity index (χ0) is 21.7. The van der Waals surface area contributed by atoms with Crippen molar-refractivity contribution in [3.8, 4) is 11.4 Å². The number of imidazole rings is 1. The number of alkyl halides is 3. The summed E-state index contributed by atoms with van der Waals surface area (Å²) in [4.78, 5) is 8.23. The second-order valence-electron chi connectivity index (χ2n) is 6.38. The Balaban J connectivity index is 0.00000341. The highest BCUT2D eigenvalue weighted by Crippen LogP contribution is 2.22. The molecule has 31 heavy (non-hydrogen) atoms. The summed E-state index contributed by atoms with van der Waals surface area (Å²) in [6, 6.07) is 10.2. The predicted molar refractivity (Wildman–Crippen MR) is 119 cm³/mol. The molecular weight excluding hydrogens is 529 g/mol. The van der Waals surface area contributed by atoms with Crippen LogP contribution in [-0.2, 0) is 13.1 Å². The van der Waals surface area contributed by atoms with Crippen LogP contribution in [-0.4, -0.2) is 21.9 Å². The molecule has 1 heterocycles. The topological polar surface area (TPSA) is 77.5 Å². The van der Waals surface area contributed by atoms with Crippen LogP contribution in [0.3, 0.4) is 0 Å². The van der Waals surface area contributed by atoms with Gasteiger partial charge in [-0.1, -0.05) is 18.2 Å². The van der Waals surface area contributed by atoms with Crippen molar-refractivity contribution in [3.63, 3.8) is 0 Å². The number of aryl methyl sites for hydroxylation is 1. The lowest BCUT2D eigenvalue weighted by atomic mass is 10.2. The zero-order valence-corrected chi connectivity index (χ0v) is 18.7. The van der Waals surface area contributed by atoms with Gasteiger partial charge in [0.05, 0.1) is 12.2 Å². The molecule has 0 saturated heterocycles. The number of hydrogen-bond donors (Lipinski definition) is 2. The number of rotatable bonds is 6. The number of nitrogens with zero attached hydrogens (tertiary/aromatic N) is 3. The molecule has 0 unspecified atom stereocenters. The maximum atomic E-state index is 14.4. The van der Waals surface area contributed by atoms with Crippen molar-refractivity contribution < 1.29 is 22.3 Å². The molecule has 3 N–H and O–H groups in total. The third-order valence-corrected chi connectivity index (χ3v) is 4.16. The molecule has 0 radical (unpaired) electrons. The largest absolute Gasteiger partial charge is 0.573 e. The lowest BCUT2D eigenvalue weighted by Gasteiger charge is -2.10. The first-order valence-electron chi connectivity index (χ1n) is 8.88. The second-order valence-corrected chi connectivity index (χ2v) is 6.38. The number of hydrogen-bond acceptors (Lipinski definition) is 3. The van der Waals surface area contributed by atoms with Crippen LogP contribution in [0, 0.1) is 12.7 Å². The molecule has 1 aromatic heterocycles. The first kappa shape index (κ1) is 24.4. The van der Waals surface area contributed by atoms with Gasteiger partial charge in [-0.2, -0.15) is 0 Å². The van der Waals surface area contributed by atoms with Gasteiger partial charge < -0.3 is 20.4 Å². The maximum absolute atomic E-state index is 14.4. The SMILES string of the molecule is Cc1nccn1-c1ccc(CN=C(N)NCc2ccc(OC(F)(F)F)cc2)cc1F.I. The summed E-state index contributed by atoms with van der Waals surface area (Å²) < 4.78 is 56.3. The molecule has 0 fully saturated rings. The van der Waals surface area contributed by atoms with Gasteiger partial charge in [0.25, 0.3) is 0 Å². The molecule has 0 amide bonds. The average molecular weight is 549 g/mol. The minimum Gasteiger partial charge on any atom is -0.406 e. The number of ether oxygens (including phenoxy) is 1. The summed E-state index contributed by atoms with van der Waals surface area (Å²) in [5.41, 5.74) is 7.52. The van der Waals surface area contributed by atoms with Gasteiger partial charge in [-0.15, -0.1) is 37.1 Å². The molecule has 0 spiro atoms. The number of nitrogens with two attached hydrogens (primary N) is 1. The molecule has 6 nitrogen and oxygen atoms in total. The summed E-state index contributed by atoms with van der Waals surface area (Å²) in [5, 5.41) is 2.85. The van der Waals surface area contributed by atoms with E-state index < -0.39 is 12.2 Å². The normalized spacial score (nSPS) is 11.7. The first-order valence-corrected chi connectivity index (χ1v) is 8.88. The van der Waals surface area contributed by atoms with Crippen molar-refractivity contribution >= 4 is 29.9 Å². The van der Waals surface area contributed by atoms with Gasteiger partial charge in [-0.25, -0.2) is 14.4 Å².